The monoisotopic (exact) mass is 323 g/mol. The van der Waals surface area contributed by atoms with Crippen LogP contribution in [0, 0.1) is 19.3 Å². The van der Waals surface area contributed by atoms with Gasteiger partial charge in [-0.2, -0.15) is 0 Å². The molecule has 5 heteroatoms. The first-order valence-electron chi connectivity index (χ1n) is 8.07. The smallest absolute Gasteiger partial charge is 0.240 e. The fraction of sp³-hybridized carbons (Fsp3) is 0.316. The van der Waals surface area contributed by atoms with Gasteiger partial charge in [0.15, 0.2) is 0 Å². The zero-order valence-electron chi connectivity index (χ0n) is 13.9. The number of hydrogen-bond acceptors (Lipinski definition) is 3. The lowest BCUT2D eigenvalue weighted by Crippen LogP contribution is -2.39. The highest BCUT2D eigenvalue weighted by atomic mass is 16.2. The average molecular weight is 323 g/mol. The van der Waals surface area contributed by atoms with Gasteiger partial charge < -0.3 is 10.6 Å². The Kier molecular flexibility index (Phi) is 4.34. The molecule has 1 aromatic carbocycles. The number of aromatic nitrogens is 1. The van der Waals surface area contributed by atoms with E-state index in [0.29, 0.717) is 19.4 Å². The molecule has 3 rings (SSSR count). The summed E-state index contributed by atoms with van der Waals surface area (Å²) in [7, 11) is 0. The Morgan fingerprint density at radius 1 is 1.08 bits per heavy atom. The van der Waals surface area contributed by atoms with Crippen molar-refractivity contribution in [3.63, 3.8) is 0 Å². The second kappa shape index (κ2) is 6.43. The summed E-state index contributed by atoms with van der Waals surface area (Å²) in [5.74, 6) is -0.428. The van der Waals surface area contributed by atoms with Gasteiger partial charge in [-0.3, -0.25) is 14.6 Å². The summed E-state index contributed by atoms with van der Waals surface area (Å²) in [4.78, 5) is 29.0. The molecule has 1 fully saturated rings. The van der Waals surface area contributed by atoms with E-state index in [0.717, 1.165) is 22.4 Å². The van der Waals surface area contributed by atoms with E-state index in [1.54, 1.807) is 12.4 Å². The van der Waals surface area contributed by atoms with Crippen LogP contribution in [0.2, 0.25) is 0 Å². The molecular weight excluding hydrogens is 302 g/mol. The predicted molar refractivity (Wildman–Crippen MR) is 92.3 cm³/mol. The minimum atomic E-state index is -0.926. The molecular formula is C19H21N3O2. The molecule has 2 aromatic rings. The first-order valence-corrected chi connectivity index (χ1v) is 8.07. The fourth-order valence-corrected chi connectivity index (χ4v) is 2.73. The molecule has 0 unspecified atom stereocenters. The lowest BCUT2D eigenvalue weighted by molar-refractivity contribution is -0.134. The van der Waals surface area contributed by atoms with Crippen molar-refractivity contribution in [3.8, 4) is 0 Å². The second-order valence-electron chi connectivity index (χ2n) is 6.39. The van der Waals surface area contributed by atoms with E-state index in [1.165, 1.54) is 0 Å². The number of carbonyl (C=O) groups excluding carboxylic acids is 2. The average Bonchev–Trinajstić information content (AvgIpc) is 3.38. The molecule has 1 aliphatic carbocycles. The summed E-state index contributed by atoms with van der Waals surface area (Å²) in [6.45, 7) is 4.36. The normalized spacial score (nSPS) is 14.8. The Morgan fingerprint density at radius 2 is 1.79 bits per heavy atom. The number of amides is 2. The van der Waals surface area contributed by atoms with Crippen molar-refractivity contribution in [2.45, 2.75) is 33.2 Å². The standard InChI is InChI=1S/C19H21N3O2/c1-13-3-4-16(14(2)11-13)22-18(24)19(7-8-19)17(23)21-12-15-5-9-20-10-6-15/h3-6,9-11H,7-8,12H2,1-2H3,(H,21,23)(H,22,24). The van der Waals surface area contributed by atoms with E-state index in [2.05, 4.69) is 15.6 Å². The number of benzene rings is 1. The van der Waals surface area contributed by atoms with Crippen molar-refractivity contribution < 1.29 is 9.59 Å². The maximum atomic E-state index is 12.6. The van der Waals surface area contributed by atoms with Crippen LogP contribution in [0.5, 0.6) is 0 Å². The van der Waals surface area contributed by atoms with Crippen LogP contribution in [0.3, 0.4) is 0 Å². The third-order valence-corrected chi connectivity index (χ3v) is 4.45. The number of hydrogen-bond donors (Lipinski definition) is 2. The van der Waals surface area contributed by atoms with Crippen molar-refractivity contribution in [3.05, 3.63) is 59.4 Å². The van der Waals surface area contributed by atoms with Crippen molar-refractivity contribution in [2.75, 3.05) is 5.32 Å². The molecule has 0 aliphatic heterocycles. The summed E-state index contributed by atoms with van der Waals surface area (Å²) in [6.07, 6.45) is 4.54. The van der Waals surface area contributed by atoms with Crippen LogP contribution in [0.1, 0.15) is 29.5 Å². The predicted octanol–water partition coefficient (Wildman–Crippen LogP) is 2.73. The Bertz CT molecular complexity index is 767. The Labute approximate surface area is 141 Å². The molecule has 1 aromatic heterocycles. The number of anilines is 1. The van der Waals surface area contributed by atoms with Gasteiger partial charge in [-0.1, -0.05) is 17.7 Å². The van der Waals surface area contributed by atoms with Gasteiger partial charge in [-0.25, -0.2) is 0 Å². The van der Waals surface area contributed by atoms with E-state index in [1.807, 2.05) is 44.2 Å². The van der Waals surface area contributed by atoms with Crippen LogP contribution in [-0.2, 0) is 16.1 Å². The van der Waals surface area contributed by atoms with Gasteiger partial charge in [0.05, 0.1) is 0 Å². The van der Waals surface area contributed by atoms with Gasteiger partial charge in [-0.15, -0.1) is 0 Å². The molecule has 0 spiro atoms. The lowest BCUT2D eigenvalue weighted by Gasteiger charge is -2.16. The molecule has 2 N–H and O–H groups in total. The van der Waals surface area contributed by atoms with E-state index in [-0.39, 0.29) is 11.8 Å². The first-order chi connectivity index (χ1) is 11.5. The molecule has 2 amide bonds. The maximum Gasteiger partial charge on any atom is 0.240 e. The molecule has 124 valence electrons. The molecule has 5 nitrogen and oxygen atoms in total. The topological polar surface area (TPSA) is 71.1 Å². The Balaban J connectivity index is 1.64. The molecule has 1 heterocycles. The van der Waals surface area contributed by atoms with Crippen molar-refractivity contribution in [1.82, 2.24) is 10.3 Å². The summed E-state index contributed by atoms with van der Waals surface area (Å²) in [6, 6.07) is 9.53. The highest BCUT2D eigenvalue weighted by Crippen LogP contribution is 2.47. The minimum Gasteiger partial charge on any atom is -0.351 e. The molecule has 0 atom stereocenters. The van der Waals surface area contributed by atoms with Crippen molar-refractivity contribution in [1.29, 1.82) is 0 Å². The highest BCUT2D eigenvalue weighted by molar-refractivity contribution is 6.13. The SMILES string of the molecule is Cc1ccc(NC(=O)C2(C(=O)NCc3ccncc3)CC2)c(C)c1. The van der Waals surface area contributed by atoms with E-state index in [4.69, 9.17) is 0 Å². The number of aryl methyl sites for hydroxylation is 2. The summed E-state index contributed by atoms with van der Waals surface area (Å²) in [5.41, 5.74) is 2.94. The number of nitrogens with zero attached hydrogens (tertiary/aromatic N) is 1. The third-order valence-electron chi connectivity index (χ3n) is 4.45. The highest BCUT2D eigenvalue weighted by Gasteiger charge is 2.56. The number of nitrogens with one attached hydrogen (secondary N) is 2. The van der Waals surface area contributed by atoms with Gasteiger partial charge in [0.25, 0.3) is 0 Å². The Hall–Kier alpha value is -2.69. The van der Waals surface area contributed by atoms with Crippen LogP contribution in [0.15, 0.2) is 42.7 Å². The molecule has 24 heavy (non-hydrogen) atoms. The summed E-state index contributed by atoms with van der Waals surface area (Å²) in [5, 5.41) is 5.77. The third kappa shape index (κ3) is 3.30. The maximum absolute atomic E-state index is 12.6. The van der Waals surface area contributed by atoms with Gasteiger partial charge >= 0.3 is 0 Å². The van der Waals surface area contributed by atoms with Crippen molar-refractivity contribution in [2.24, 2.45) is 5.41 Å². The zero-order chi connectivity index (χ0) is 17.2. The van der Waals surface area contributed by atoms with Crippen LogP contribution in [-0.4, -0.2) is 16.8 Å². The fourth-order valence-electron chi connectivity index (χ4n) is 2.73. The van der Waals surface area contributed by atoms with Gasteiger partial charge in [-0.05, 0) is 56.0 Å². The molecule has 1 aliphatic rings. The van der Waals surface area contributed by atoms with E-state index >= 15 is 0 Å². The van der Waals surface area contributed by atoms with E-state index < -0.39 is 5.41 Å². The molecule has 0 bridgehead atoms. The number of carbonyl (C=O) groups is 2. The van der Waals surface area contributed by atoms with Crippen LogP contribution < -0.4 is 10.6 Å². The number of pyridine rings is 1. The number of rotatable bonds is 5. The van der Waals surface area contributed by atoms with Gasteiger partial charge in [0, 0.05) is 24.6 Å². The van der Waals surface area contributed by atoms with Crippen molar-refractivity contribution >= 4 is 17.5 Å². The van der Waals surface area contributed by atoms with Gasteiger partial charge in [0.2, 0.25) is 11.8 Å². The second-order valence-corrected chi connectivity index (χ2v) is 6.39. The van der Waals surface area contributed by atoms with Crippen LogP contribution >= 0.6 is 0 Å². The summed E-state index contributed by atoms with van der Waals surface area (Å²) >= 11 is 0. The lowest BCUT2D eigenvalue weighted by atomic mass is 10.0. The molecule has 0 saturated heterocycles. The first kappa shape index (κ1) is 16.2. The minimum absolute atomic E-state index is 0.207. The zero-order valence-corrected chi connectivity index (χ0v) is 13.9. The largest absolute Gasteiger partial charge is 0.351 e. The molecule has 1 saturated carbocycles. The quantitative estimate of drug-likeness (QED) is 0.831. The molecule has 0 radical (unpaired) electrons. The van der Waals surface area contributed by atoms with Gasteiger partial charge in [0.1, 0.15) is 5.41 Å². The van der Waals surface area contributed by atoms with E-state index in [9.17, 15) is 9.59 Å². The summed E-state index contributed by atoms with van der Waals surface area (Å²) < 4.78 is 0. The Morgan fingerprint density at radius 3 is 2.42 bits per heavy atom. The van der Waals surface area contributed by atoms with Crippen LogP contribution in [0.25, 0.3) is 0 Å². The van der Waals surface area contributed by atoms with Crippen LogP contribution in [0.4, 0.5) is 5.69 Å².